The maximum absolute atomic E-state index is 13.6. The molecule has 1 amide bonds. The lowest BCUT2D eigenvalue weighted by atomic mass is 10.2. The molecule has 2 aromatic heterocycles. The number of hydrogen-bond acceptors (Lipinski definition) is 4. The van der Waals surface area contributed by atoms with Crippen molar-refractivity contribution in [2.24, 2.45) is 0 Å². The van der Waals surface area contributed by atoms with Gasteiger partial charge in [-0.15, -0.1) is 0 Å². The molecule has 1 aromatic carbocycles. The lowest BCUT2D eigenvalue weighted by molar-refractivity contribution is -0.123. The summed E-state index contributed by atoms with van der Waals surface area (Å²) >= 11 is 0. The summed E-state index contributed by atoms with van der Waals surface area (Å²) < 4.78 is 20.8. The Hall–Kier alpha value is -2.96. The molecular weight excluding hydrogens is 347 g/mol. The van der Waals surface area contributed by atoms with Gasteiger partial charge >= 0.3 is 0 Å². The molecule has 142 valence electrons. The summed E-state index contributed by atoms with van der Waals surface area (Å²) in [6.07, 6.45) is 1.95. The van der Waals surface area contributed by atoms with Crippen LogP contribution in [0.4, 0.5) is 4.39 Å². The Morgan fingerprint density at radius 2 is 2.11 bits per heavy atom. The normalized spacial score (nSPS) is 11.0. The molecule has 0 unspecified atom stereocenters. The summed E-state index contributed by atoms with van der Waals surface area (Å²) in [5.41, 5.74) is 2.87. The van der Waals surface area contributed by atoms with Crippen LogP contribution in [0.3, 0.4) is 0 Å². The van der Waals surface area contributed by atoms with Crippen molar-refractivity contribution in [3.8, 4) is 11.6 Å². The molecule has 0 spiro atoms. The van der Waals surface area contributed by atoms with Crippen molar-refractivity contribution >= 4 is 16.9 Å². The molecule has 0 atom stereocenters. The molecule has 6 nitrogen and oxygen atoms in total. The van der Waals surface area contributed by atoms with Crippen LogP contribution in [0.2, 0.25) is 0 Å². The van der Waals surface area contributed by atoms with E-state index < -0.39 is 0 Å². The van der Waals surface area contributed by atoms with Crippen LogP contribution in [-0.2, 0) is 4.79 Å². The quantitative estimate of drug-likeness (QED) is 0.647. The van der Waals surface area contributed by atoms with Crippen LogP contribution in [0, 0.1) is 19.7 Å². The SMILES string of the molecule is CCCCNC(=O)COc1cc(C)c2c(C)nn(-c3cccc(F)c3)c2n1. The van der Waals surface area contributed by atoms with E-state index in [9.17, 15) is 9.18 Å². The Kier molecular flexibility index (Phi) is 5.69. The largest absolute Gasteiger partial charge is 0.468 e. The highest BCUT2D eigenvalue weighted by Gasteiger charge is 2.15. The summed E-state index contributed by atoms with van der Waals surface area (Å²) in [5, 5.41) is 8.19. The number of nitrogens with one attached hydrogen (secondary N) is 1. The number of halogens is 1. The van der Waals surface area contributed by atoms with Crippen molar-refractivity contribution in [1.82, 2.24) is 20.1 Å². The number of pyridine rings is 1. The van der Waals surface area contributed by atoms with Gasteiger partial charge in [-0.3, -0.25) is 4.79 Å². The molecule has 2 heterocycles. The number of benzene rings is 1. The number of rotatable bonds is 7. The molecule has 0 bridgehead atoms. The molecule has 7 heteroatoms. The van der Waals surface area contributed by atoms with Gasteiger partial charge in [-0.2, -0.15) is 10.1 Å². The van der Waals surface area contributed by atoms with E-state index in [0.29, 0.717) is 23.8 Å². The minimum atomic E-state index is -0.346. The number of fused-ring (bicyclic) bond motifs is 1. The fourth-order valence-corrected chi connectivity index (χ4v) is 2.93. The molecule has 0 aliphatic carbocycles. The smallest absolute Gasteiger partial charge is 0.258 e. The van der Waals surface area contributed by atoms with E-state index in [4.69, 9.17) is 4.74 Å². The highest BCUT2D eigenvalue weighted by Crippen LogP contribution is 2.26. The van der Waals surface area contributed by atoms with Crippen molar-refractivity contribution in [3.63, 3.8) is 0 Å². The second kappa shape index (κ2) is 8.16. The highest BCUT2D eigenvalue weighted by molar-refractivity contribution is 5.84. The molecule has 0 radical (unpaired) electrons. The maximum Gasteiger partial charge on any atom is 0.258 e. The minimum absolute atomic E-state index is 0.102. The van der Waals surface area contributed by atoms with Gasteiger partial charge in [-0.25, -0.2) is 9.07 Å². The first kappa shape index (κ1) is 18.8. The van der Waals surface area contributed by atoms with Gasteiger partial charge in [0.15, 0.2) is 12.3 Å². The third kappa shape index (κ3) is 4.24. The van der Waals surface area contributed by atoms with Crippen LogP contribution in [0.5, 0.6) is 5.88 Å². The lowest BCUT2D eigenvalue weighted by Crippen LogP contribution is -2.29. The Balaban J connectivity index is 1.88. The van der Waals surface area contributed by atoms with Crippen LogP contribution in [0.15, 0.2) is 30.3 Å². The third-order valence-electron chi connectivity index (χ3n) is 4.24. The van der Waals surface area contributed by atoms with Gasteiger partial charge < -0.3 is 10.1 Å². The number of hydrogen-bond donors (Lipinski definition) is 1. The van der Waals surface area contributed by atoms with Gasteiger partial charge in [0.05, 0.1) is 11.4 Å². The second-order valence-corrected chi connectivity index (χ2v) is 6.45. The summed E-state index contributed by atoms with van der Waals surface area (Å²) in [7, 11) is 0. The molecule has 1 N–H and O–H groups in total. The van der Waals surface area contributed by atoms with Crippen LogP contribution in [0.25, 0.3) is 16.7 Å². The standard InChI is InChI=1S/C20H23FN4O2/c1-4-5-9-22-17(26)12-27-18-10-13(2)19-14(3)24-25(20(19)23-18)16-8-6-7-15(21)11-16/h6-8,10-11H,4-5,9,12H2,1-3H3,(H,22,26). The second-order valence-electron chi connectivity index (χ2n) is 6.45. The average molecular weight is 370 g/mol. The van der Waals surface area contributed by atoms with Crippen LogP contribution in [0.1, 0.15) is 31.0 Å². The fourth-order valence-electron chi connectivity index (χ4n) is 2.93. The first-order valence-electron chi connectivity index (χ1n) is 9.02. The number of aromatic nitrogens is 3. The minimum Gasteiger partial charge on any atom is -0.468 e. The van der Waals surface area contributed by atoms with E-state index in [1.807, 2.05) is 13.8 Å². The van der Waals surface area contributed by atoms with E-state index in [-0.39, 0.29) is 18.3 Å². The molecule has 0 saturated carbocycles. The van der Waals surface area contributed by atoms with Gasteiger partial charge in [0.1, 0.15) is 5.82 Å². The Labute approximate surface area is 157 Å². The van der Waals surface area contributed by atoms with Gasteiger partial charge in [-0.05, 0) is 44.0 Å². The summed E-state index contributed by atoms with van der Waals surface area (Å²) in [6, 6.07) is 7.96. The molecule has 3 aromatic rings. The number of amides is 1. The molecule has 27 heavy (non-hydrogen) atoms. The van der Waals surface area contributed by atoms with E-state index in [1.54, 1.807) is 22.9 Å². The van der Waals surface area contributed by atoms with Crippen LogP contribution >= 0.6 is 0 Å². The number of carbonyl (C=O) groups is 1. The monoisotopic (exact) mass is 370 g/mol. The Bertz CT molecular complexity index is 968. The van der Waals surface area contributed by atoms with Crippen molar-refractivity contribution in [1.29, 1.82) is 0 Å². The first-order chi connectivity index (χ1) is 13.0. The van der Waals surface area contributed by atoms with E-state index in [2.05, 4.69) is 22.3 Å². The number of ether oxygens (including phenoxy) is 1. The van der Waals surface area contributed by atoms with Crippen molar-refractivity contribution < 1.29 is 13.9 Å². The number of unbranched alkanes of at least 4 members (excludes halogenated alkanes) is 1. The van der Waals surface area contributed by atoms with Crippen molar-refractivity contribution in [2.45, 2.75) is 33.6 Å². The van der Waals surface area contributed by atoms with Gasteiger partial charge in [0.2, 0.25) is 5.88 Å². The van der Waals surface area contributed by atoms with E-state index in [0.717, 1.165) is 29.5 Å². The van der Waals surface area contributed by atoms with Gasteiger partial charge in [0, 0.05) is 18.0 Å². The zero-order chi connectivity index (χ0) is 19.4. The number of carbonyl (C=O) groups excluding carboxylic acids is 1. The summed E-state index contributed by atoms with van der Waals surface area (Å²) in [6.45, 7) is 6.41. The summed E-state index contributed by atoms with van der Waals surface area (Å²) in [4.78, 5) is 16.4. The van der Waals surface area contributed by atoms with Gasteiger partial charge in [-0.1, -0.05) is 19.4 Å². The number of nitrogens with zero attached hydrogens (tertiary/aromatic N) is 3. The lowest BCUT2D eigenvalue weighted by Gasteiger charge is -2.09. The van der Waals surface area contributed by atoms with E-state index >= 15 is 0 Å². The Morgan fingerprint density at radius 1 is 1.30 bits per heavy atom. The molecular formula is C20H23FN4O2. The molecule has 0 aliphatic heterocycles. The van der Waals surface area contributed by atoms with Crippen molar-refractivity contribution in [3.05, 3.63) is 47.4 Å². The molecule has 0 saturated heterocycles. The number of aryl methyl sites for hydroxylation is 2. The average Bonchev–Trinajstić information content (AvgIpc) is 2.97. The third-order valence-corrected chi connectivity index (χ3v) is 4.24. The predicted molar refractivity (Wildman–Crippen MR) is 102 cm³/mol. The van der Waals surface area contributed by atoms with Gasteiger partial charge in [0.25, 0.3) is 5.91 Å². The topological polar surface area (TPSA) is 69.0 Å². The highest BCUT2D eigenvalue weighted by atomic mass is 19.1. The molecule has 0 fully saturated rings. The first-order valence-corrected chi connectivity index (χ1v) is 9.02. The van der Waals surface area contributed by atoms with Crippen LogP contribution < -0.4 is 10.1 Å². The zero-order valence-electron chi connectivity index (χ0n) is 15.8. The maximum atomic E-state index is 13.6. The van der Waals surface area contributed by atoms with Crippen LogP contribution in [-0.4, -0.2) is 33.8 Å². The zero-order valence-corrected chi connectivity index (χ0v) is 15.8. The van der Waals surface area contributed by atoms with E-state index in [1.165, 1.54) is 12.1 Å². The molecule has 3 rings (SSSR count). The molecule has 0 aliphatic rings. The fraction of sp³-hybridized carbons (Fsp3) is 0.350. The Morgan fingerprint density at radius 3 is 2.85 bits per heavy atom. The van der Waals surface area contributed by atoms with Crippen molar-refractivity contribution in [2.75, 3.05) is 13.2 Å². The summed E-state index contributed by atoms with van der Waals surface area (Å²) in [5.74, 6) is -0.192. The predicted octanol–water partition coefficient (Wildman–Crippen LogP) is 3.47.